The fraction of sp³-hybridized carbons (Fsp3) is 0.111. The Balaban J connectivity index is 2.31. The van der Waals surface area contributed by atoms with Gasteiger partial charge in [0, 0.05) is 15.6 Å². The van der Waals surface area contributed by atoms with Gasteiger partial charge in [-0.1, -0.05) is 34.1 Å². The van der Waals surface area contributed by atoms with Gasteiger partial charge in [-0.25, -0.2) is 0 Å². The summed E-state index contributed by atoms with van der Waals surface area (Å²) in [5.74, 6) is -0.383. The van der Waals surface area contributed by atoms with Crippen molar-refractivity contribution in [2.75, 3.05) is 7.11 Å². The van der Waals surface area contributed by atoms with Gasteiger partial charge in [0.2, 0.25) is 0 Å². The van der Waals surface area contributed by atoms with Crippen LogP contribution in [0.2, 0.25) is 0 Å². The van der Waals surface area contributed by atoms with Crippen molar-refractivity contribution in [3.8, 4) is 5.75 Å². The topological polar surface area (TPSA) is 74.3 Å². The highest BCUT2D eigenvalue weighted by atomic mass is 79.9. The van der Waals surface area contributed by atoms with Gasteiger partial charge in [0.1, 0.15) is 5.75 Å². The van der Waals surface area contributed by atoms with Gasteiger partial charge in [0.25, 0.3) is 11.8 Å². The Morgan fingerprint density at radius 2 is 1.88 bits per heavy atom. The van der Waals surface area contributed by atoms with E-state index in [1.807, 2.05) is 12.1 Å². The summed E-state index contributed by atoms with van der Waals surface area (Å²) in [6.45, 7) is 1.71. The molecular formula is C18H15BrN2O3. The molecule has 0 radical (unpaired) electrons. The van der Waals surface area contributed by atoms with Crippen molar-refractivity contribution in [3.05, 3.63) is 63.8 Å². The molecule has 3 aromatic rings. The number of methoxy groups -OCH3 is 1. The van der Waals surface area contributed by atoms with Gasteiger partial charge in [-0.2, -0.15) is 0 Å². The van der Waals surface area contributed by atoms with Gasteiger partial charge in [0.05, 0.1) is 23.8 Å². The fourth-order valence-corrected chi connectivity index (χ4v) is 3.27. The largest absolute Gasteiger partial charge is 0.496 e. The molecule has 0 aliphatic rings. The third kappa shape index (κ3) is 2.49. The number of carbonyl (C=O) groups excluding carboxylic acids is 2. The van der Waals surface area contributed by atoms with Crippen LogP contribution in [-0.2, 0) is 0 Å². The number of ether oxygens (including phenoxy) is 1. The highest BCUT2D eigenvalue weighted by Crippen LogP contribution is 2.29. The standard InChI is InChI=1S/C18H15BrN2O3/c1-10-16(17(20)22)12-5-3-4-6-14(12)21(10)18(23)13-9-11(19)7-8-15(13)24-2/h3-9H,1-2H3,(H2,20,22). The summed E-state index contributed by atoms with van der Waals surface area (Å²) < 4.78 is 7.56. The number of aromatic nitrogens is 1. The Kier molecular flexibility index (Phi) is 4.15. The van der Waals surface area contributed by atoms with Crippen molar-refractivity contribution >= 4 is 38.6 Å². The van der Waals surface area contributed by atoms with Crippen molar-refractivity contribution in [1.82, 2.24) is 4.57 Å². The molecule has 6 heteroatoms. The number of carbonyl (C=O) groups is 2. The van der Waals surface area contributed by atoms with Gasteiger partial charge >= 0.3 is 0 Å². The number of hydrogen-bond acceptors (Lipinski definition) is 3. The molecule has 0 aliphatic heterocycles. The third-order valence-corrected chi connectivity index (χ3v) is 4.45. The van der Waals surface area contributed by atoms with Crippen LogP contribution in [0.25, 0.3) is 10.9 Å². The van der Waals surface area contributed by atoms with E-state index in [1.165, 1.54) is 11.7 Å². The summed E-state index contributed by atoms with van der Waals surface area (Å²) >= 11 is 3.37. The first-order valence-corrected chi connectivity index (χ1v) is 8.03. The van der Waals surface area contributed by atoms with Crippen LogP contribution < -0.4 is 10.5 Å². The Morgan fingerprint density at radius 3 is 2.54 bits per heavy atom. The molecule has 3 rings (SSSR count). The van der Waals surface area contributed by atoms with Gasteiger partial charge in [0.15, 0.2) is 0 Å². The number of amides is 1. The number of hydrogen-bond donors (Lipinski definition) is 1. The summed E-state index contributed by atoms with van der Waals surface area (Å²) in [6, 6.07) is 12.4. The highest BCUT2D eigenvalue weighted by Gasteiger charge is 2.24. The van der Waals surface area contributed by atoms with E-state index in [0.29, 0.717) is 33.5 Å². The van der Waals surface area contributed by atoms with E-state index in [4.69, 9.17) is 10.5 Å². The second-order valence-electron chi connectivity index (χ2n) is 5.33. The molecule has 2 N–H and O–H groups in total. The molecule has 0 unspecified atom stereocenters. The lowest BCUT2D eigenvalue weighted by Crippen LogP contribution is -2.17. The number of halogens is 1. The third-order valence-electron chi connectivity index (χ3n) is 3.95. The summed E-state index contributed by atoms with van der Waals surface area (Å²) in [7, 11) is 1.51. The molecule has 1 amide bonds. The van der Waals surface area contributed by atoms with Crippen LogP contribution >= 0.6 is 15.9 Å². The molecular weight excluding hydrogens is 372 g/mol. The maximum atomic E-state index is 13.2. The van der Waals surface area contributed by atoms with E-state index in [0.717, 1.165) is 4.47 Å². The Hall–Kier alpha value is -2.60. The molecule has 0 fully saturated rings. The number of primary amides is 1. The van der Waals surface area contributed by atoms with Gasteiger partial charge < -0.3 is 10.5 Å². The summed E-state index contributed by atoms with van der Waals surface area (Å²) in [4.78, 5) is 25.0. The molecule has 2 aromatic carbocycles. The van der Waals surface area contributed by atoms with E-state index < -0.39 is 5.91 Å². The maximum absolute atomic E-state index is 13.2. The normalized spacial score (nSPS) is 10.8. The molecule has 24 heavy (non-hydrogen) atoms. The number of nitrogens with two attached hydrogens (primary N) is 1. The fourth-order valence-electron chi connectivity index (χ4n) is 2.91. The predicted molar refractivity (Wildman–Crippen MR) is 95.6 cm³/mol. The second kappa shape index (κ2) is 6.13. The summed E-state index contributed by atoms with van der Waals surface area (Å²) in [6.07, 6.45) is 0. The van der Waals surface area contributed by atoms with Crippen molar-refractivity contribution in [3.63, 3.8) is 0 Å². The number of nitrogens with zero attached hydrogens (tertiary/aromatic N) is 1. The zero-order valence-corrected chi connectivity index (χ0v) is 14.8. The molecule has 5 nitrogen and oxygen atoms in total. The molecule has 1 aromatic heterocycles. The van der Waals surface area contributed by atoms with Crippen LogP contribution in [-0.4, -0.2) is 23.5 Å². The molecule has 0 spiro atoms. The van der Waals surface area contributed by atoms with E-state index in [1.54, 1.807) is 37.3 Å². The molecule has 0 aliphatic carbocycles. The monoisotopic (exact) mass is 386 g/mol. The van der Waals surface area contributed by atoms with Crippen molar-refractivity contribution in [1.29, 1.82) is 0 Å². The Bertz CT molecular complexity index is 976. The second-order valence-corrected chi connectivity index (χ2v) is 6.24. The number of fused-ring (bicyclic) bond motifs is 1. The van der Waals surface area contributed by atoms with Gasteiger partial charge in [-0.15, -0.1) is 0 Å². The molecule has 0 atom stereocenters. The average Bonchev–Trinajstić information content (AvgIpc) is 2.86. The van der Waals surface area contributed by atoms with E-state index >= 15 is 0 Å². The lowest BCUT2D eigenvalue weighted by atomic mass is 10.1. The molecule has 122 valence electrons. The van der Waals surface area contributed by atoms with Gasteiger partial charge in [-0.05, 0) is 31.2 Å². The van der Waals surface area contributed by atoms with Crippen molar-refractivity contribution in [2.45, 2.75) is 6.92 Å². The average molecular weight is 387 g/mol. The molecule has 0 saturated heterocycles. The lowest BCUT2D eigenvalue weighted by Gasteiger charge is -2.11. The first-order valence-electron chi connectivity index (χ1n) is 7.23. The van der Waals surface area contributed by atoms with E-state index in [2.05, 4.69) is 15.9 Å². The van der Waals surface area contributed by atoms with Crippen molar-refractivity contribution < 1.29 is 14.3 Å². The zero-order valence-electron chi connectivity index (χ0n) is 13.2. The molecule has 0 saturated carbocycles. The smallest absolute Gasteiger partial charge is 0.266 e. The minimum atomic E-state index is -0.559. The van der Waals surface area contributed by atoms with Gasteiger partial charge in [-0.3, -0.25) is 14.2 Å². The van der Waals surface area contributed by atoms with Crippen LogP contribution in [0.5, 0.6) is 5.75 Å². The molecule has 1 heterocycles. The SMILES string of the molecule is COc1ccc(Br)cc1C(=O)n1c(C)c(C(N)=O)c2ccccc21. The van der Waals surface area contributed by atoms with Crippen molar-refractivity contribution in [2.24, 2.45) is 5.73 Å². The quantitative estimate of drug-likeness (QED) is 0.748. The predicted octanol–water partition coefficient (Wildman–Crippen LogP) is 3.51. The highest BCUT2D eigenvalue weighted by molar-refractivity contribution is 9.10. The number of rotatable bonds is 3. The van der Waals surface area contributed by atoms with E-state index in [-0.39, 0.29) is 5.91 Å². The van der Waals surface area contributed by atoms with Crippen LogP contribution in [0.3, 0.4) is 0 Å². The first kappa shape index (κ1) is 16.3. The zero-order chi connectivity index (χ0) is 17.4. The minimum Gasteiger partial charge on any atom is -0.496 e. The molecule has 0 bridgehead atoms. The Labute approximate surface area is 147 Å². The van der Waals surface area contributed by atoms with Crippen LogP contribution in [0.4, 0.5) is 0 Å². The summed E-state index contributed by atoms with van der Waals surface area (Å²) in [5.41, 5.74) is 7.41. The number of benzene rings is 2. The van der Waals surface area contributed by atoms with Crippen LogP contribution in [0.1, 0.15) is 26.4 Å². The van der Waals surface area contributed by atoms with Crippen LogP contribution in [0.15, 0.2) is 46.9 Å². The lowest BCUT2D eigenvalue weighted by molar-refractivity contribution is 0.0960. The minimum absolute atomic E-state index is 0.283. The Morgan fingerprint density at radius 1 is 1.17 bits per heavy atom. The number of para-hydroxylation sites is 1. The maximum Gasteiger partial charge on any atom is 0.266 e. The summed E-state index contributed by atoms with van der Waals surface area (Å²) in [5, 5.41) is 0.657. The first-order chi connectivity index (χ1) is 11.5. The van der Waals surface area contributed by atoms with Crippen LogP contribution in [0, 0.1) is 6.92 Å². The van der Waals surface area contributed by atoms with E-state index in [9.17, 15) is 9.59 Å².